The average molecular weight is 445 g/mol. The highest BCUT2D eigenvalue weighted by Gasteiger charge is 2.30. The fourth-order valence-corrected chi connectivity index (χ4v) is 3.25. The summed E-state index contributed by atoms with van der Waals surface area (Å²) < 4.78 is 40.3. The van der Waals surface area contributed by atoms with Gasteiger partial charge >= 0.3 is 6.18 Å². The third-order valence-corrected chi connectivity index (χ3v) is 4.97. The monoisotopic (exact) mass is 444 g/mol. The lowest BCUT2D eigenvalue weighted by atomic mass is 10.1. The maximum Gasteiger partial charge on any atom is 0.416 e. The van der Waals surface area contributed by atoms with Crippen molar-refractivity contribution >= 4 is 23.2 Å². The minimum absolute atomic E-state index is 0.0272. The Morgan fingerprint density at radius 2 is 1.77 bits per heavy atom. The summed E-state index contributed by atoms with van der Waals surface area (Å²) in [5, 5.41) is 11.6. The summed E-state index contributed by atoms with van der Waals surface area (Å²) in [6, 6.07) is 15.5. The van der Waals surface area contributed by atoms with Gasteiger partial charge in [-0.3, -0.25) is 9.20 Å². The van der Waals surface area contributed by atoms with E-state index in [1.807, 2.05) is 12.1 Å². The van der Waals surface area contributed by atoms with Gasteiger partial charge in [-0.2, -0.15) is 13.2 Å². The lowest BCUT2D eigenvalue weighted by molar-refractivity contribution is -0.137. The summed E-state index contributed by atoms with van der Waals surface area (Å²) in [6.45, 7) is -0.0272. The fraction of sp³-hybridized carbons (Fsp3) is 0.136. The number of nitrogens with one attached hydrogen (secondary N) is 1. The molecule has 0 saturated carbocycles. The van der Waals surface area contributed by atoms with Gasteiger partial charge in [0.05, 0.1) is 11.1 Å². The largest absolute Gasteiger partial charge is 0.416 e. The molecule has 2 heterocycles. The molecule has 1 N–H and O–H groups in total. The summed E-state index contributed by atoms with van der Waals surface area (Å²) in [5.41, 5.74) is 1.52. The van der Waals surface area contributed by atoms with Crippen LogP contribution in [0.15, 0.2) is 66.9 Å². The summed E-state index contributed by atoms with van der Waals surface area (Å²) in [4.78, 5) is 12.6. The third-order valence-electron chi connectivity index (χ3n) is 4.72. The van der Waals surface area contributed by atoms with Gasteiger partial charge in [-0.05, 0) is 47.5 Å². The van der Waals surface area contributed by atoms with Crippen LogP contribution >= 0.6 is 11.6 Å². The van der Waals surface area contributed by atoms with Crippen LogP contribution in [0.1, 0.15) is 32.9 Å². The van der Waals surface area contributed by atoms with Crippen molar-refractivity contribution in [2.24, 2.45) is 0 Å². The van der Waals surface area contributed by atoms with Crippen molar-refractivity contribution in [3.63, 3.8) is 0 Å². The van der Waals surface area contributed by atoms with Crippen LogP contribution in [0.3, 0.4) is 0 Å². The van der Waals surface area contributed by atoms with Crippen molar-refractivity contribution in [2.45, 2.75) is 19.1 Å². The van der Waals surface area contributed by atoms with Gasteiger partial charge in [-0.15, -0.1) is 10.2 Å². The van der Waals surface area contributed by atoms with Crippen LogP contribution in [0.2, 0.25) is 5.02 Å². The first-order valence-electron chi connectivity index (χ1n) is 9.32. The average Bonchev–Trinajstić information content (AvgIpc) is 3.15. The molecule has 5 nitrogen and oxygen atoms in total. The number of nitrogens with zero attached hydrogens (tertiary/aromatic N) is 3. The second-order valence-corrected chi connectivity index (χ2v) is 7.38. The lowest BCUT2D eigenvalue weighted by Gasteiger charge is -2.10. The van der Waals surface area contributed by atoms with E-state index in [-0.39, 0.29) is 6.54 Å². The second-order valence-electron chi connectivity index (χ2n) is 6.95. The Morgan fingerprint density at radius 3 is 2.52 bits per heavy atom. The molecule has 9 heteroatoms. The molecule has 0 bridgehead atoms. The van der Waals surface area contributed by atoms with Gasteiger partial charge in [0, 0.05) is 24.2 Å². The highest BCUT2D eigenvalue weighted by molar-refractivity contribution is 6.30. The quantitative estimate of drug-likeness (QED) is 0.475. The van der Waals surface area contributed by atoms with E-state index >= 15 is 0 Å². The topological polar surface area (TPSA) is 59.3 Å². The number of fused-ring (bicyclic) bond motifs is 1. The highest BCUT2D eigenvalue weighted by atomic mass is 35.5. The SMILES string of the molecule is O=C(NCc1cccc(C(F)(F)F)c1)c1ccc2nnc(Cc3ccc(Cl)cc3)n2c1. The minimum atomic E-state index is -4.43. The normalized spacial score (nSPS) is 11.6. The van der Waals surface area contributed by atoms with Crippen molar-refractivity contribution in [3.05, 3.63) is 100.0 Å². The Morgan fingerprint density at radius 1 is 1.00 bits per heavy atom. The zero-order chi connectivity index (χ0) is 22.0. The number of carbonyl (C=O) groups excluding carboxylic acids is 1. The molecule has 1 amide bonds. The van der Waals surface area contributed by atoms with Crippen molar-refractivity contribution in [2.75, 3.05) is 0 Å². The van der Waals surface area contributed by atoms with E-state index in [9.17, 15) is 18.0 Å². The number of rotatable bonds is 5. The van der Waals surface area contributed by atoms with E-state index in [0.717, 1.165) is 17.7 Å². The first-order valence-corrected chi connectivity index (χ1v) is 9.70. The third kappa shape index (κ3) is 4.86. The molecule has 0 saturated heterocycles. The van der Waals surface area contributed by atoms with Gasteiger partial charge in [0.15, 0.2) is 5.65 Å². The second kappa shape index (κ2) is 8.39. The first kappa shape index (κ1) is 20.9. The van der Waals surface area contributed by atoms with Crippen molar-refractivity contribution in [1.82, 2.24) is 19.9 Å². The number of benzene rings is 2. The van der Waals surface area contributed by atoms with Gasteiger partial charge in [0.2, 0.25) is 0 Å². The molecule has 0 fully saturated rings. The van der Waals surface area contributed by atoms with Gasteiger partial charge in [-0.25, -0.2) is 0 Å². The number of alkyl halides is 3. The smallest absolute Gasteiger partial charge is 0.348 e. The number of amides is 1. The highest BCUT2D eigenvalue weighted by Crippen LogP contribution is 2.29. The molecule has 4 rings (SSSR count). The number of hydrogen-bond donors (Lipinski definition) is 1. The van der Waals surface area contributed by atoms with Gasteiger partial charge in [0.25, 0.3) is 5.91 Å². The summed E-state index contributed by atoms with van der Waals surface area (Å²) in [7, 11) is 0. The standard InChI is InChI=1S/C22H16ClF3N4O/c23-18-7-4-14(5-8-18)11-20-29-28-19-9-6-16(13-30(19)20)21(31)27-12-15-2-1-3-17(10-15)22(24,25)26/h1-10,13H,11-12H2,(H,27,31). The maximum atomic E-state index is 12.9. The Balaban J connectivity index is 1.50. The summed E-state index contributed by atoms with van der Waals surface area (Å²) in [5.74, 6) is 0.232. The van der Waals surface area contributed by atoms with E-state index < -0.39 is 17.6 Å². The van der Waals surface area contributed by atoms with Crippen LogP contribution < -0.4 is 5.32 Å². The Kier molecular flexibility index (Phi) is 5.65. The molecule has 0 aliphatic carbocycles. The molecule has 31 heavy (non-hydrogen) atoms. The lowest BCUT2D eigenvalue weighted by Crippen LogP contribution is -2.23. The number of halogens is 4. The van der Waals surface area contributed by atoms with Crippen molar-refractivity contribution in [3.8, 4) is 0 Å². The molecule has 0 aliphatic heterocycles. The molecule has 2 aromatic carbocycles. The molecule has 4 aromatic rings. The molecule has 2 aromatic heterocycles. The molecular formula is C22H16ClF3N4O. The number of aromatic nitrogens is 3. The Labute approximate surface area is 180 Å². The molecular weight excluding hydrogens is 429 g/mol. The number of hydrogen-bond acceptors (Lipinski definition) is 3. The summed E-state index contributed by atoms with van der Waals surface area (Å²) >= 11 is 5.92. The van der Waals surface area contributed by atoms with E-state index in [0.29, 0.717) is 34.0 Å². The predicted molar refractivity (Wildman–Crippen MR) is 110 cm³/mol. The molecule has 0 aliphatic rings. The van der Waals surface area contributed by atoms with Crippen LogP contribution in [0.5, 0.6) is 0 Å². The van der Waals surface area contributed by atoms with Crippen LogP contribution in [-0.4, -0.2) is 20.5 Å². The zero-order valence-corrected chi connectivity index (χ0v) is 16.8. The molecule has 158 valence electrons. The van der Waals surface area contributed by atoms with E-state index in [1.54, 1.807) is 34.9 Å². The fourth-order valence-electron chi connectivity index (χ4n) is 3.12. The first-order chi connectivity index (χ1) is 14.8. The predicted octanol–water partition coefficient (Wildman–Crippen LogP) is 4.92. The van der Waals surface area contributed by atoms with E-state index in [2.05, 4.69) is 15.5 Å². The zero-order valence-electron chi connectivity index (χ0n) is 16.0. The summed E-state index contributed by atoms with van der Waals surface area (Å²) in [6.07, 6.45) is -2.32. The Bertz CT molecular complexity index is 1240. The van der Waals surface area contributed by atoms with E-state index in [4.69, 9.17) is 11.6 Å². The minimum Gasteiger partial charge on any atom is -0.348 e. The molecule has 0 spiro atoms. The van der Waals surface area contributed by atoms with Crippen LogP contribution in [0.25, 0.3) is 5.65 Å². The Hall–Kier alpha value is -3.39. The van der Waals surface area contributed by atoms with Crippen LogP contribution in [0.4, 0.5) is 13.2 Å². The molecule has 0 unspecified atom stereocenters. The van der Waals surface area contributed by atoms with Gasteiger partial charge in [0.1, 0.15) is 5.82 Å². The van der Waals surface area contributed by atoms with Crippen molar-refractivity contribution < 1.29 is 18.0 Å². The maximum absolute atomic E-state index is 12.9. The number of pyridine rings is 1. The van der Waals surface area contributed by atoms with Crippen LogP contribution in [0, 0.1) is 0 Å². The van der Waals surface area contributed by atoms with Crippen molar-refractivity contribution in [1.29, 1.82) is 0 Å². The molecule has 0 radical (unpaired) electrons. The van der Waals surface area contributed by atoms with Crippen LogP contribution in [-0.2, 0) is 19.1 Å². The van der Waals surface area contributed by atoms with Gasteiger partial charge in [-0.1, -0.05) is 35.9 Å². The van der Waals surface area contributed by atoms with Gasteiger partial charge < -0.3 is 5.32 Å². The van der Waals surface area contributed by atoms with E-state index in [1.165, 1.54) is 12.1 Å². The number of carbonyl (C=O) groups is 1. The molecule has 0 atom stereocenters.